The molecule has 1 heterocycles. The number of aryl methyl sites for hydroxylation is 1. The molecule has 0 unspecified atom stereocenters. The van der Waals surface area contributed by atoms with Gasteiger partial charge in [-0.2, -0.15) is 0 Å². The van der Waals surface area contributed by atoms with Gasteiger partial charge in [0.2, 0.25) is 0 Å². The van der Waals surface area contributed by atoms with E-state index in [1.807, 2.05) is 13.1 Å². The van der Waals surface area contributed by atoms with E-state index < -0.39 is 5.97 Å². The van der Waals surface area contributed by atoms with E-state index in [1.54, 1.807) is 13.3 Å². The van der Waals surface area contributed by atoms with Crippen molar-refractivity contribution in [1.82, 2.24) is 4.98 Å². The molecule has 0 aliphatic rings. The summed E-state index contributed by atoms with van der Waals surface area (Å²) >= 11 is 0. The number of hydrogen-bond acceptors (Lipinski definition) is 5. The summed E-state index contributed by atoms with van der Waals surface area (Å²) in [6.07, 6.45) is 3.91. The third-order valence-corrected chi connectivity index (χ3v) is 5.52. The Bertz CT molecular complexity index is 1050. The quantitative estimate of drug-likeness (QED) is 0.479. The van der Waals surface area contributed by atoms with Crippen LogP contribution in [0.3, 0.4) is 0 Å². The molecule has 0 aliphatic heterocycles. The number of pyridine rings is 1. The molecule has 0 bridgehead atoms. The van der Waals surface area contributed by atoms with Gasteiger partial charge in [-0.25, -0.2) is 4.79 Å². The summed E-state index contributed by atoms with van der Waals surface area (Å²) in [4.78, 5) is 17.6. The number of aromatic carboxylic acids is 1. The van der Waals surface area contributed by atoms with Crippen molar-refractivity contribution in [1.29, 1.82) is 0 Å². The molecule has 0 spiro atoms. The van der Waals surface area contributed by atoms with Crippen LogP contribution in [0.1, 0.15) is 40.7 Å². The number of nitrogens with one attached hydrogen (secondary N) is 1. The number of carbonyl (C=O) groups is 1. The van der Waals surface area contributed by atoms with E-state index in [-0.39, 0.29) is 11.5 Å². The monoisotopic (exact) mass is 419 g/mol. The first-order valence-corrected chi connectivity index (χ1v) is 10.3. The Balaban J connectivity index is 1.83. The standard InChI is InChI=1S/C25H29N3O3/c1-5-18(15-27-23-16-26-12-11-22(23)25(29)30)21-10-9-20(14-24(21)31-4)28(3)19-8-6-7-17(2)13-19/h6-14,16,18,27H,5,15H2,1-4H3,(H,29,30)/t18-/m0/s1. The van der Waals surface area contributed by atoms with E-state index in [1.165, 1.54) is 17.8 Å². The van der Waals surface area contributed by atoms with Crippen molar-refractivity contribution >= 4 is 23.0 Å². The summed E-state index contributed by atoms with van der Waals surface area (Å²) in [6.45, 7) is 4.77. The van der Waals surface area contributed by atoms with Crippen LogP contribution in [0.2, 0.25) is 0 Å². The second-order valence-corrected chi connectivity index (χ2v) is 7.54. The zero-order valence-corrected chi connectivity index (χ0v) is 18.4. The van der Waals surface area contributed by atoms with E-state index in [9.17, 15) is 9.90 Å². The van der Waals surface area contributed by atoms with E-state index in [0.29, 0.717) is 12.2 Å². The zero-order valence-electron chi connectivity index (χ0n) is 18.4. The summed E-state index contributed by atoms with van der Waals surface area (Å²) in [5.41, 5.74) is 5.17. The van der Waals surface area contributed by atoms with Crippen molar-refractivity contribution in [2.24, 2.45) is 0 Å². The number of carboxylic acids is 1. The fourth-order valence-corrected chi connectivity index (χ4v) is 3.66. The number of carboxylic acid groups (broad SMARTS) is 1. The Morgan fingerprint density at radius 2 is 1.97 bits per heavy atom. The molecule has 1 atom stereocenters. The molecule has 3 rings (SSSR count). The van der Waals surface area contributed by atoms with Crippen LogP contribution in [-0.2, 0) is 0 Å². The number of anilines is 3. The number of methoxy groups -OCH3 is 1. The predicted molar refractivity (Wildman–Crippen MR) is 125 cm³/mol. The Labute approximate surface area is 183 Å². The molecule has 3 aromatic rings. The lowest BCUT2D eigenvalue weighted by Gasteiger charge is -2.24. The van der Waals surface area contributed by atoms with Crippen LogP contribution >= 0.6 is 0 Å². The van der Waals surface area contributed by atoms with Crippen LogP contribution in [0.4, 0.5) is 17.1 Å². The minimum Gasteiger partial charge on any atom is -0.496 e. The Kier molecular flexibility index (Phi) is 7.13. The van der Waals surface area contributed by atoms with Gasteiger partial charge in [0, 0.05) is 43.1 Å². The zero-order chi connectivity index (χ0) is 22.4. The molecule has 1 aromatic heterocycles. The number of aromatic nitrogens is 1. The lowest BCUT2D eigenvalue weighted by atomic mass is 9.94. The molecule has 2 N–H and O–H groups in total. The molecule has 0 radical (unpaired) electrons. The van der Waals surface area contributed by atoms with Crippen molar-refractivity contribution in [3.8, 4) is 5.75 Å². The lowest BCUT2D eigenvalue weighted by Crippen LogP contribution is -2.16. The number of nitrogens with zero attached hydrogens (tertiary/aromatic N) is 2. The highest BCUT2D eigenvalue weighted by Crippen LogP contribution is 2.35. The minimum atomic E-state index is -0.973. The maximum Gasteiger partial charge on any atom is 0.337 e. The first kappa shape index (κ1) is 22.2. The molecule has 6 nitrogen and oxygen atoms in total. The fourth-order valence-electron chi connectivity index (χ4n) is 3.66. The van der Waals surface area contributed by atoms with E-state index in [0.717, 1.165) is 29.1 Å². The lowest BCUT2D eigenvalue weighted by molar-refractivity contribution is 0.0697. The van der Waals surface area contributed by atoms with Crippen LogP contribution < -0.4 is 15.0 Å². The SMILES string of the molecule is CC[C@@H](CNc1cnccc1C(=O)O)c1ccc(N(C)c2cccc(C)c2)cc1OC. The molecule has 6 heteroatoms. The first-order chi connectivity index (χ1) is 14.9. The largest absolute Gasteiger partial charge is 0.496 e. The Morgan fingerprint density at radius 3 is 2.65 bits per heavy atom. The van der Waals surface area contributed by atoms with Crippen molar-refractivity contribution < 1.29 is 14.6 Å². The average Bonchev–Trinajstić information content (AvgIpc) is 2.79. The van der Waals surface area contributed by atoms with Gasteiger partial charge in [0.15, 0.2) is 0 Å². The highest BCUT2D eigenvalue weighted by atomic mass is 16.5. The molecular weight excluding hydrogens is 390 g/mol. The van der Waals surface area contributed by atoms with Crippen LogP contribution in [0, 0.1) is 6.92 Å². The first-order valence-electron chi connectivity index (χ1n) is 10.3. The number of hydrogen-bond donors (Lipinski definition) is 2. The smallest absolute Gasteiger partial charge is 0.337 e. The van der Waals surface area contributed by atoms with Crippen molar-refractivity contribution in [3.05, 3.63) is 77.6 Å². The van der Waals surface area contributed by atoms with Gasteiger partial charge in [-0.15, -0.1) is 0 Å². The molecule has 162 valence electrons. The van der Waals surface area contributed by atoms with Gasteiger partial charge < -0.3 is 20.1 Å². The Hall–Kier alpha value is -3.54. The summed E-state index contributed by atoms with van der Waals surface area (Å²) in [6, 6.07) is 16.1. The third-order valence-electron chi connectivity index (χ3n) is 5.52. The summed E-state index contributed by atoms with van der Waals surface area (Å²) in [5.74, 6) is -0.00973. The second-order valence-electron chi connectivity index (χ2n) is 7.54. The van der Waals surface area contributed by atoms with Crippen LogP contribution in [-0.4, -0.2) is 36.8 Å². The maximum atomic E-state index is 11.5. The Morgan fingerprint density at radius 1 is 1.19 bits per heavy atom. The van der Waals surface area contributed by atoms with Gasteiger partial charge in [0.25, 0.3) is 0 Å². The van der Waals surface area contributed by atoms with Gasteiger partial charge in [-0.3, -0.25) is 4.98 Å². The molecule has 0 saturated heterocycles. The van der Waals surface area contributed by atoms with Crippen LogP contribution in [0.15, 0.2) is 60.9 Å². The van der Waals surface area contributed by atoms with E-state index in [4.69, 9.17) is 4.74 Å². The molecule has 2 aromatic carbocycles. The van der Waals surface area contributed by atoms with Gasteiger partial charge in [0.1, 0.15) is 5.75 Å². The highest BCUT2D eigenvalue weighted by molar-refractivity contribution is 5.93. The summed E-state index contributed by atoms with van der Waals surface area (Å²) in [5, 5.41) is 12.6. The van der Waals surface area contributed by atoms with Gasteiger partial charge in [0.05, 0.1) is 24.6 Å². The topological polar surface area (TPSA) is 74.7 Å². The van der Waals surface area contributed by atoms with E-state index in [2.05, 4.69) is 65.4 Å². The number of rotatable bonds is 9. The van der Waals surface area contributed by atoms with Gasteiger partial charge >= 0.3 is 5.97 Å². The summed E-state index contributed by atoms with van der Waals surface area (Å²) < 4.78 is 5.73. The minimum absolute atomic E-state index is 0.148. The number of benzene rings is 2. The average molecular weight is 420 g/mol. The van der Waals surface area contributed by atoms with E-state index >= 15 is 0 Å². The second kappa shape index (κ2) is 9.98. The molecule has 0 fully saturated rings. The van der Waals surface area contributed by atoms with Crippen LogP contribution in [0.5, 0.6) is 5.75 Å². The van der Waals surface area contributed by atoms with Crippen molar-refractivity contribution in [2.75, 3.05) is 30.9 Å². The highest BCUT2D eigenvalue weighted by Gasteiger charge is 2.18. The third kappa shape index (κ3) is 5.15. The maximum absolute atomic E-state index is 11.5. The van der Waals surface area contributed by atoms with Crippen LogP contribution in [0.25, 0.3) is 0 Å². The van der Waals surface area contributed by atoms with Gasteiger partial charge in [-0.05, 0) is 48.7 Å². The summed E-state index contributed by atoms with van der Waals surface area (Å²) in [7, 11) is 3.72. The fraction of sp³-hybridized carbons (Fsp3) is 0.280. The van der Waals surface area contributed by atoms with Crippen molar-refractivity contribution in [2.45, 2.75) is 26.2 Å². The molecule has 0 saturated carbocycles. The number of ether oxygens (including phenoxy) is 1. The molecule has 0 aliphatic carbocycles. The van der Waals surface area contributed by atoms with Gasteiger partial charge in [-0.1, -0.05) is 25.1 Å². The molecule has 0 amide bonds. The van der Waals surface area contributed by atoms with Crippen molar-refractivity contribution in [3.63, 3.8) is 0 Å². The molecular formula is C25H29N3O3. The normalized spacial score (nSPS) is 11.6. The molecule has 31 heavy (non-hydrogen) atoms. The predicted octanol–water partition coefficient (Wildman–Crippen LogP) is 5.47.